The van der Waals surface area contributed by atoms with Crippen LogP contribution in [0.4, 0.5) is 0 Å². The Hall–Kier alpha value is -7.25. The zero-order valence-electron chi connectivity index (χ0n) is 34.9. The van der Waals surface area contributed by atoms with E-state index >= 15 is 0 Å². The maximum absolute atomic E-state index is 14.0. The van der Waals surface area contributed by atoms with E-state index in [0.29, 0.717) is 37.2 Å². The Morgan fingerprint density at radius 3 is 1.46 bits per heavy atom. The zero-order valence-corrected chi connectivity index (χ0v) is 34.9. The molecule has 0 bridgehead atoms. The van der Waals surface area contributed by atoms with Crippen molar-refractivity contribution in [2.75, 3.05) is 0 Å². The van der Waals surface area contributed by atoms with Crippen LogP contribution < -0.4 is 9.47 Å². The van der Waals surface area contributed by atoms with E-state index in [9.17, 15) is 9.59 Å². The number of esters is 2. The van der Waals surface area contributed by atoms with E-state index in [0.717, 1.165) is 68.9 Å². The van der Waals surface area contributed by atoms with Gasteiger partial charge in [-0.15, -0.1) is 0 Å². The molecule has 4 aliphatic carbocycles. The quantitative estimate of drug-likeness (QED) is 0.0895. The molecule has 7 nitrogen and oxygen atoms in total. The minimum absolute atomic E-state index is 0.177. The molecule has 7 aromatic rings. The van der Waals surface area contributed by atoms with Crippen LogP contribution in [-0.2, 0) is 25.8 Å². The molecule has 63 heavy (non-hydrogen) atoms. The lowest BCUT2D eigenvalue weighted by atomic mass is 9.54. The van der Waals surface area contributed by atoms with Crippen molar-refractivity contribution >= 4 is 17.5 Å². The second-order valence-corrected chi connectivity index (χ2v) is 17.3. The van der Waals surface area contributed by atoms with Gasteiger partial charge in [-0.1, -0.05) is 115 Å². The normalized spacial score (nSPS) is 20.8. The van der Waals surface area contributed by atoms with Crippen molar-refractivity contribution in [1.82, 2.24) is 15.0 Å². The van der Waals surface area contributed by atoms with Crippen LogP contribution in [0.3, 0.4) is 0 Å². The smallest absolute Gasteiger partial charge is 0.311 e. The molecule has 0 radical (unpaired) electrons. The summed E-state index contributed by atoms with van der Waals surface area (Å²) < 4.78 is 12.0. The number of ether oxygens (including phenoxy) is 2. The van der Waals surface area contributed by atoms with Gasteiger partial charge in [-0.25, -0.2) is 0 Å². The van der Waals surface area contributed by atoms with Crippen molar-refractivity contribution in [1.29, 1.82) is 0 Å². The number of para-hydroxylation sites is 2. The molecule has 308 valence electrons. The molecule has 0 fully saturated rings. The molecule has 11 rings (SSSR count). The second kappa shape index (κ2) is 15.6. The molecule has 3 atom stereocenters. The highest BCUT2D eigenvalue weighted by molar-refractivity contribution is 5.90. The van der Waals surface area contributed by atoms with Crippen LogP contribution in [0.5, 0.6) is 11.5 Å². The number of rotatable bonds is 12. The van der Waals surface area contributed by atoms with Crippen LogP contribution in [0.1, 0.15) is 84.9 Å². The Morgan fingerprint density at radius 2 is 0.873 bits per heavy atom. The fourth-order valence-electron chi connectivity index (χ4n) is 11.6. The Labute approximate surface area is 367 Å². The summed E-state index contributed by atoms with van der Waals surface area (Å²) in [6, 6.07) is 48.7. The SMILES string of the molecule is O=C(CCC1(CC2(CC3(CCC(=O)Oc4ccccc4)c4ccccc4-c4ncccc43)c3ccccc3-c3ncccc32)C2=CCCC=C2c2ncccc21)Oc1ccccc1. The third-order valence-electron chi connectivity index (χ3n) is 14.0. The van der Waals surface area contributed by atoms with Crippen LogP contribution in [-0.4, -0.2) is 26.9 Å². The summed E-state index contributed by atoms with van der Waals surface area (Å²) in [6.45, 7) is 0. The number of hydrogen-bond acceptors (Lipinski definition) is 7. The zero-order chi connectivity index (χ0) is 42.4. The molecule has 4 aliphatic rings. The lowest BCUT2D eigenvalue weighted by molar-refractivity contribution is -0.135. The Bertz CT molecular complexity index is 2880. The first kappa shape index (κ1) is 38.7. The monoisotopic (exact) mass is 823 g/mol. The lowest BCUT2D eigenvalue weighted by Crippen LogP contribution is -2.44. The molecule has 0 saturated heterocycles. The topological polar surface area (TPSA) is 91.3 Å². The number of nitrogens with zero attached hydrogens (tertiary/aromatic N) is 3. The Morgan fingerprint density at radius 1 is 0.444 bits per heavy atom. The predicted molar refractivity (Wildman–Crippen MR) is 244 cm³/mol. The van der Waals surface area contributed by atoms with E-state index in [2.05, 4.69) is 84.9 Å². The summed E-state index contributed by atoms with van der Waals surface area (Å²) in [5.74, 6) is 0.492. The van der Waals surface area contributed by atoms with Crippen LogP contribution in [0.15, 0.2) is 182 Å². The van der Waals surface area contributed by atoms with Gasteiger partial charge in [0.15, 0.2) is 0 Å². The molecule has 0 saturated carbocycles. The third-order valence-corrected chi connectivity index (χ3v) is 14.0. The van der Waals surface area contributed by atoms with Gasteiger partial charge in [0.05, 0.1) is 17.1 Å². The number of fused-ring (bicyclic) bond motifs is 9. The first-order valence-electron chi connectivity index (χ1n) is 22.0. The Balaban J connectivity index is 1.12. The number of aromatic nitrogens is 3. The highest BCUT2D eigenvalue weighted by Crippen LogP contribution is 2.66. The molecule has 3 heterocycles. The van der Waals surface area contributed by atoms with E-state index < -0.39 is 16.2 Å². The van der Waals surface area contributed by atoms with Crippen LogP contribution >= 0.6 is 0 Å². The van der Waals surface area contributed by atoms with E-state index in [1.54, 1.807) is 0 Å². The van der Waals surface area contributed by atoms with E-state index in [1.807, 2.05) is 91.4 Å². The number of hydrogen-bond donors (Lipinski definition) is 0. The van der Waals surface area contributed by atoms with E-state index in [1.165, 1.54) is 11.1 Å². The van der Waals surface area contributed by atoms with Crippen molar-refractivity contribution in [2.45, 2.75) is 67.6 Å². The van der Waals surface area contributed by atoms with Crippen LogP contribution in [0, 0.1) is 0 Å². The van der Waals surface area contributed by atoms with Crippen molar-refractivity contribution < 1.29 is 19.1 Å². The molecule has 0 spiro atoms. The van der Waals surface area contributed by atoms with Crippen LogP contribution in [0.25, 0.3) is 28.1 Å². The second-order valence-electron chi connectivity index (χ2n) is 17.3. The van der Waals surface area contributed by atoms with Gasteiger partial charge in [-0.05, 0) is 114 Å². The fraction of sp³-hybridized carbons (Fsp3) is 0.196. The maximum atomic E-state index is 14.0. The highest BCUT2D eigenvalue weighted by Gasteiger charge is 2.59. The lowest BCUT2D eigenvalue weighted by Gasteiger charge is -2.47. The van der Waals surface area contributed by atoms with Gasteiger partial charge in [-0.2, -0.15) is 0 Å². The molecule has 4 aromatic carbocycles. The summed E-state index contributed by atoms with van der Waals surface area (Å²) in [6.07, 6.45) is 14.8. The fourth-order valence-corrected chi connectivity index (χ4v) is 11.6. The molecule has 0 amide bonds. The van der Waals surface area contributed by atoms with Crippen molar-refractivity contribution in [3.63, 3.8) is 0 Å². The number of carbonyl (C=O) groups is 2. The minimum atomic E-state index is -0.696. The van der Waals surface area contributed by atoms with Gasteiger partial charge < -0.3 is 9.47 Å². The predicted octanol–water partition coefficient (Wildman–Crippen LogP) is 11.7. The average molecular weight is 824 g/mol. The third kappa shape index (κ3) is 6.36. The van der Waals surface area contributed by atoms with Gasteiger partial charge in [0.25, 0.3) is 0 Å². The summed E-state index contributed by atoms with van der Waals surface area (Å²) in [5.41, 5.74) is 11.1. The summed E-state index contributed by atoms with van der Waals surface area (Å²) in [7, 11) is 0. The summed E-state index contributed by atoms with van der Waals surface area (Å²) in [4.78, 5) is 43.4. The number of benzene rings is 4. The first-order valence-corrected chi connectivity index (χ1v) is 22.0. The average Bonchev–Trinajstić information content (AvgIpc) is 3.88. The van der Waals surface area contributed by atoms with Crippen LogP contribution in [0.2, 0.25) is 0 Å². The first-order chi connectivity index (χ1) is 31.0. The van der Waals surface area contributed by atoms with E-state index in [-0.39, 0.29) is 24.8 Å². The molecule has 3 aromatic heterocycles. The standard InChI is InChI=1S/C56H45N3O4/c60-49(62-38-16-3-1-4-17-38)29-31-54(43-23-10-7-20-40(43)51-46(54)26-13-33-57-51)36-56(45-25-12-9-22-42(45)53-48(56)28-15-35-59-53)37-55(32-30-50(61)63-39-18-5-2-6-19-39)44-24-11-8-21-41(44)52-47(55)27-14-34-58-52/h1-7,9-10,12-28,33-35H,8,11,29-32,36-37H2. The molecule has 3 unspecified atom stereocenters. The maximum Gasteiger partial charge on any atom is 0.311 e. The van der Waals surface area contributed by atoms with Crippen molar-refractivity contribution in [2.24, 2.45) is 0 Å². The molecule has 7 heteroatoms. The van der Waals surface area contributed by atoms with Gasteiger partial charge in [0, 0.05) is 64.4 Å². The van der Waals surface area contributed by atoms with Crippen molar-refractivity contribution in [3.05, 3.63) is 215 Å². The molecular formula is C56H45N3O4. The number of pyridine rings is 3. The largest absolute Gasteiger partial charge is 0.427 e. The number of allylic oxidation sites excluding steroid dienone is 4. The van der Waals surface area contributed by atoms with Gasteiger partial charge in [-0.3, -0.25) is 24.5 Å². The van der Waals surface area contributed by atoms with Gasteiger partial charge in [0.1, 0.15) is 11.5 Å². The molecule has 0 aliphatic heterocycles. The Kier molecular flexibility index (Phi) is 9.56. The molecule has 0 N–H and O–H groups in total. The van der Waals surface area contributed by atoms with E-state index in [4.69, 9.17) is 24.4 Å². The molecular weight excluding hydrogens is 779 g/mol. The number of carbonyl (C=O) groups excluding carboxylic acids is 2. The summed E-state index contributed by atoms with van der Waals surface area (Å²) >= 11 is 0. The summed E-state index contributed by atoms with van der Waals surface area (Å²) in [5, 5.41) is 0. The minimum Gasteiger partial charge on any atom is -0.427 e. The van der Waals surface area contributed by atoms with Gasteiger partial charge >= 0.3 is 11.9 Å². The van der Waals surface area contributed by atoms with Gasteiger partial charge in [0.2, 0.25) is 0 Å². The van der Waals surface area contributed by atoms with Crippen molar-refractivity contribution in [3.8, 4) is 34.0 Å². The highest BCUT2D eigenvalue weighted by atomic mass is 16.5.